The zero-order chi connectivity index (χ0) is 19.3. The Bertz CT molecular complexity index is 908. The van der Waals surface area contributed by atoms with E-state index >= 15 is 0 Å². The maximum Gasteiger partial charge on any atom is 0.540 e. The van der Waals surface area contributed by atoms with Gasteiger partial charge >= 0.3 is 13.3 Å². The molecule has 0 aliphatic heterocycles. The molecule has 0 spiro atoms. The lowest BCUT2D eigenvalue weighted by molar-refractivity contribution is 0.215. The molecular weight excluding hydrogens is 410 g/mol. The molecule has 0 aromatic heterocycles. The van der Waals surface area contributed by atoms with Crippen LogP contribution in [0.2, 0.25) is 10.0 Å². The Kier molecular flexibility index (Phi) is 6.07. The van der Waals surface area contributed by atoms with E-state index in [-0.39, 0.29) is 17.2 Å². The summed E-state index contributed by atoms with van der Waals surface area (Å²) in [6.07, 6.45) is 0. The third-order valence-electron chi connectivity index (χ3n) is 3.25. The van der Waals surface area contributed by atoms with Gasteiger partial charge in [-0.25, -0.2) is 9.36 Å². The van der Waals surface area contributed by atoms with Crippen LogP contribution >= 0.6 is 30.8 Å². The van der Waals surface area contributed by atoms with E-state index in [0.29, 0.717) is 10.0 Å². The Morgan fingerprint density at radius 2 is 1.11 bits per heavy atom. The highest BCUT2D eigenvalue weighted by molar-refractivity contribution is 7.72. The second kappa shape index (κ2) is 8.49. The summed E-state index contributed by atoms with van der Waals surface area (Å²) >= 11 is 11.7. The minimum absolute atomic E-state index is 0.140. The third-order valence-corrected chi connectivity index (χ3v) is 5.20. The number of ether oxygens (including phenoxy) is 1. The molecule has 0 aliphatic carbocycles. The summed E-state index contributed by atoms with van der Waals surface area (Å²) in [6.45, 7) is 0. The number of rotatable bonds is 6. The number of halogens is 2. The highest BCUT2D eigenvalue weighted by atomic mass is 35.5. The molecule has 27 heavy (non-hydrogen) atoms. The quantitative estimate of drug-likeness (QED) is 0.406. The van der Waals surface area contributed by atoms with Crippen LogP contribution in [-0.4, -0.2) is 5.71 Å². The van der Waals surface area contributed by atoms with Crippen molar-refractivity contribution in [3.8, 4) is 17.2 Å². The van der Waals surface area contributed by atoms with Crippen LogP contribution in [0.1, 0.15) is 0 Å². The van der Waals surface area contributed by atoms with Gasteiger partial charge in [-0.1, -0.05) is 41.4 Å². The number of carbonyl (C=O) groups excluding carboxylic acids is 1. The molecule has 0 N–H and O–H groups in total. The topological polar surface area (TPSA) is 61.8 Å². The van der Waals surface area contributed by atoms with Gasteiger partial charge in [0, 0.05) is 10.0 Å². The lowest BCUT2D eigenvalue weighted by Crippen LogP contribution is -2.15. The van der Waals surface area contributed by atoms with Crippen LogP contribution in [0.25, 0.3) is 0 Å². The molecule has 3 aromatic rings. The molecule has 0 atom stereocenters. The second-order valence-corrected chi connectivity index (χ2v) is 7.87. The summed E-state index contributed by atoms with van der Waals surface area (Å²) in [6, 6.07) is 20.2. The predicted molar refractivity (Wildman–Crippen MR) is 104 cm³/mol. The molecular formula is C19H13Cl2O5P. The van der Waals surface area contributed by atoms with E-state index in [0.717, 1.165) is 0 Å². The standard InChI is InChI=1S/C19H13Cl2O5P/c20-14-6-10-17(11-7-14)25-27(23,26-18-12-8-15(21)9-13-18)19(22)24-16-4-2-1-3-5-16/h1-13H. The molecule has 0 radical (unpaired) electrons. The average Bonchev–Trinajstić information content (AvgIpc) is 2.66. The Morgan fingerprint density at radius 3 is 1.56 bits per heavy atom. The summed E-state index contributed by atoms with van der Waals surface area (Å²) in [4.78, 5) is 12.6. The summed E-state index contributed by atoms with van der Waals surface area (Å²) in [5, 5.41) is 0.922. The summed E-state index contributed by atoms with van der Waals surface area (Å²) in [5.74, 6) is 0.491. The predicted octanol–water partition coefficient (Wildman–Crippen LogP) is 6.84. The van der Waals surface area contributed by atoms with Crippen molar-refractivity contribution in [2.75, 3.05) is 0 Å². The van der Waals surface area contributed by atoms with Gasteiger partial charge in [0.05, 0.1) is 0 Å². The lowest BCUT2D eigenvalue weighted by atomic mass is 10.3. The van der Waals surface area contributed by atoms with Gasteiger partial charge in [-0.3, -0.25) is 0 Å². The van der Waals surface area contributed by atoms with E-state index in [9.17, 15) is 9.36 Å². The Balaban J connectivity index is 1.88. The number of hydrogen-bond acceptors (Lipinski definition) is 5. The van der Waals surface area contributed by atoms with E-state index in [1.165, 1.54) is 48.5 Å². The van der Waals surface area contributed by atoms with Crippen molar-refractivity contribution in [3.05, 3.63) is 88.9 Å². The van der Waals surface area contributed by atoms with Crippen molar-refractivity contribution < 1.29 is 23.1 Å². The van der Waals surface area contributed by atoms with Gasteiger partial charge in [0.1, 0.15) is 17.2 Å². The molecule has 0 fully saturated rings. The first-order chi connectivity index (χ1) is 12.9. The molecule has 5 nitrogen and oxygen atoms in total. The zero-order valence-electron chi connectivity index (χ0n) is 13.7. The first kappa shape index (κ1) is 19.3. The molecule has 8 heteroatoms. The monoisotopic (exact) mass is 422 g/mol. The van der Waals surface area contributed by atoms with Gasteiger partial charge in [-0.2, -0.15) is 0 Å². The van der Waals surface area contributed by atoms with Crippen LogP contribution in [0, 0.1) is 0 Å². The number of carbonyl (C=O) groups is 1. The van der Waals surface area contributed by atoms with Gasteiger partial charge < -0.3 is 13.8 Å². The Hall–Kier alpha value is -2.46. The first-order valence-electron chi connectivity index (χ1n) is 7.72. The van der Waals surface area contributed by atoms with E-state index in [2.05, 4.69) is 0 Å². The third kappa shape index (κ3) is 5.27. The van der Waals surface area contributed by atoms with Crippen LogP contribution < -0.4 is 13.8 Å². The van der Waals surface area contributed by atoms with Gasteiger partial charge in [0.15, 0.2) is 0 Å². The molecule has 0 bridgehead atoms. The number of benzene rings is 3. The van der Waals surface area contributed by atoms with Crippen molar-refractivity contribution in [3.63, 3.8) is 0 Å². The summed E-state index contributed by atoms with van der Waals surface area (Å²) in [7, 11) is -4.40. The largest absolute Gasteiger partial charge is 0.540 e. The highest BCUT2D eigenvalue weighted by Gasteiger charge is 2.41. The molecule has 0 aliphatic rings. The van der Waals surface area contributed by atoms with Gasteiger partial charge in [-0.05, 0) is 60.7 Å². The lowest BCUT2D eigenvalue weighted by Gasteiger charge is -2.18. The summed E-state index contributed by atoms with van der Waals surface area (Å²) in [5.41, 5.74) is -1.15. The van der Waals surface area contributed by atoms with Crippen molar-refractivity contribution >= 4 is 36.5 Å². The Labute approximate surface area is 165 Å². The molecule has 0 unspecified atom stereocenters. The zero-order valence-corrected chi connectivity index (χ0v) is 16.2. The van der Waals surface area contributed by atoms with Gasteiger partial charge in [-0.15, -0.1) is 0 Å². The minimum atomic E-state index is -4.40. The minimum Gasteiger partial charge on any atom is -0.416 e. The van der Waals surface area contributed by atoms with E-state index in [1.54, 1.807) is 30.3 Å². The molecule has 3 aromatic carbocycles. The molecule has 0 saturated carbocycles. The van der Waals surface area contributed by atoms with Crippen LogP contribution in [-0.2, 0) is 4.57 Å². The molecule has 0 amide bonds. The van der Waals surface area contributed by atoms with Gasteiger partial charge in [0.2, 0.25) is 0 Å². The van der Waals surface area contributed by atoms with E-state index in [1.807, 2.05) is 0 Å². The highest BCUT2D eigenvalue weighted by Crippen LogP contribution is 2.50. The van der Waals surface area contributed by atoms with Crippen molar-refractivity contribution in [2.45, 2.75) is 0 Å². The molecule has 0 saturated heterocycles. The first-order valence-corrected chi connectivity index (χ1v) is 10.0. The van der Waals surface area contributed by atoms with E-state index < -0.39 is 13.3 Å². The summed E-state index contributed by atoms with van der Waals surface area (Å²) < 4.78 is 29.2. The molecule has 3 rings (SSSR count). The normalized spacial score (nSPS) is 10.9. The fourth-order valence-corrected chi connectivity index (χ4v) is 3.46. The maximum absolute atomic E-state index is 13.2. The van der Waals surface area contributed by atoms with Crippen LogP contribution in [0.15, 0.2) is 78.9 Å². The fourth-order valence-electron chi connectivity index (χ4n) is 2.01. The van der Waals surface area contributed by atoms with Crippen LogP contribution in [0.5, 0.6) is 17.2 Å². The smallest absolute Gasteiger partial charge is 0.416 e. The SMILES string of the molecule is O=C(Oc1ccccc1)P(=O)(Oc1ccc(Cl)cc1)Oc1ccc(Cl)cc1. The van der Waals surface area contributed by atoms with Gasteiger partial charge in [0.25, 0.3) is 0 Å². The second-order valence-electron chi connectivity index (χ2n) is 5.27. The number of para-hydroxylation sites is 1. The average molecular weight is 423 g/mol. The van der Waals surface area contributed by atoms with Crippen LogP contribution in [0.4, 0.5) is 4.79 Å². The maximum atomic E-state index is 13.2. The van der Waals surface area contributed by atoms with E-state index in [4.69, 9.17) is 37.0 Å². The number of hydrogen-bond donors (Lipinski definition) is 0. The van der Waals surface area contributed by atoms with Crippen molar-refractivity contribution in [1.29, 1.82) is 0 Å². The molecule has 138 valence electrons. The van der Waals surface area contributed by atoms with Crippen LogP contribution in [0.3, 0.4) is 0 Å². The Morgan fingerprint density at radius 1 is 0.667 bits per heavy atom. The van der Waals surface area contributed by atoms with Crippen molar-refractivity contribution in [2.24, 2.45) is 0 Å². The molecule has 0 heterocycles. The fraction of sp³-hybridized carbons (Fsp3) is 0. The van der Waals surface area contributed by atoms with Crippen molar-refractivity contribution in [1.82, 2.24) is 0 Å².